The molecule has 1 amide bonds. The predicted octanol–water partition coefficient (Wildman–Crippen LogP) is 3.29. The molecular formula is C16H18F3N3O2. The Morgan fingerprint density at radius 2 is 2.08 bits per heavy atom. The second-order valence-electron chi connectivity index (χ2n) is 5.33. The number of nitrogens with one attached hydrogen (secondary N) is 1. The van der Waals surface area contributed by atoms with Crippen LogP contribution in [0.25, 0.3) is 0 Å². The number of alkyl halides is 3. The van der Waals surface area contributed by atoms with E-state index in [-0.39, 0.29) is 18.9 Å². The third-order valence-electron chi connectivity index (χ3n) is 3.29. The smallest absolute Gasteiger partial charge is 0.352 e. The Morgan fingerprint density at radius 1 is 1.29 bits per heavy atom. The van der Waals surface area contributed by atoms with Crippen molar-refractivity contribution in [1.29, 1.82) is 0 Å². The fourth-order valence-corrected chi connectivity index (χ4v) is 2.08. The van der Waals surface area contributed by atoms with E-state index in [0.29, 0.717) is 30.1 Å². The van der Waals surface area contributed by atoms with Gasteiger partial charge in [0, 0.05) is 25.8 Å². The van der Waals surface area contributed by atoms with Crippen LogP contribution in [-0.2, 0) is 30.4 Å². The third kappa shape index (κ3) is 5.36. The van der Waals surface area contributed by atoms with E-state index >= 15 is 0 Å². The fourth-order valence-electron chi connectivity index (χ4n) is 2.08. The largest absolute Gasteiger partial charge is 0.416 e. The Morgan fingerprint density at radius 3 is 2.79 bits per heavy atom. The average Bonchev–Trinajstić information content (AvgIpc) is 2.98. The minimum Gasteiger partial charge on any atom is -0.352 e. The molecule has 0 radical (unpaired) electrons. The molecule has 0 aliphatic carbocycles. The van der Waals surface area contributed by atoms with E-state index in [2.05, 4.69) is 15.5 Å². The number of hydrogen-bond donors (Lipinski definition) is 1. The lowest BCUT2D eigenvalue weighted by atomic mass is 10.1. The van der Waals surface area contributed by atoms with Gasteiger partial charge in [0.25, 0.3) is 0 Å². The van der Waals surface area contributed by atoms with Gasteiger partial charge in [-0.25, -0.2) is 0 Å². The van der Waals surface area contributed by atoms with Crippen molar-refractivity contribution in [2.24, 2.45) is 0 Å². The normalized spacial score (nSPS) is 11.5. The van der Waals surface area contributed by atoms with Crippen molar-refractivity contribution in [1.82, 2.24) is 15.5 Å². The maximum atomic E-state index is 12.6. The number of hydrogen-bond acceptors (Lipinski definition) is 4. The summed E-state index contributed by atoms with van der Waals surface area (Å²) in [6.07, 6.45) is -2.35. The molecule has 1 heterocycles. The number of amides is 1. The summed E-state index contributed by atoms with van der Waals surface area (Å²) in [5.74, 6) is 0.701. The van der Waals surface area contributed by atoms with E-state index in [4.69, 9.17) is 4.52 Å². The molecule has 1 aromatic heterocycles. The minimum absolute atomic E-state index is 0.0354. The number of nitrogens with zero attached hydrogens (tertiary/aromatic N) is 2. The van der Waals surface area contributed by atoms with E-state index in [1.165, 1.54) is 12.1 Å². The Hall–Kier alpha value is -2.38. The molecule has 0 aliphatic rings. The predicted molar refractivity (Wildman–Crippen MR) is 79.9 cm³/mol. The molecule has 24 heavy (non-hydrogen) atoms. The van der Waals surface area contributed by atoms with Gasteiger partial charge in [-0.3, -0.25) is 4.79 Å². The lowest BCUT2D eigenvalue weighted by Crippen LogP contribution is -2.23. The van der Waals surface area contributed by atoms with Crippen molar-refractivity contribution >= 4 is 5.91 Å². The summed E-state index contributed by atoms with van der Waals surface area (Å²) in [6.45, 7) is 2.03. The van der Waals surface area contributed by atoms with Gasteiger partial charge in [0.15, 0.2) is 5.82 Å². The van der Waals surface area contributed by atoms with Gasteiger partial charge in [0.2, 0.25) is 11.8 Å². The number of aryl methyl sites for hydroxylation is 2. The summed E-state index contributed by atoms with van der Waals surface area (Å²) in [5.41, 5.74) is -0.343. The number of benzene rings is 1. The van der Waals surface area contributed by atoms with E-state index in [0.717, 1.165) is 18.6 Å². The number of carbonyl (C=O) groups is 1. The van der Waals surface area contributed by atoms with Crippen molar-refractivity contribution in [2.45, 2.75) is 45.3 Å². The molecule has 1 N–H and O–H groups in total. The molecule has 0 unspecified atom stereocenters. The minimum atomic E-state index is -4.39. The first kappa shape index (κ1) is 18.0. The lowest BCUT2D eigenvalue weighted by molar-refractivity contribution is -0.137. The van der Waals surface area contributed by atoms with Crippen molar-refractivity contribution in [3.63, 3.8) is 0 Å². The second-order valence-corrected chi connectivity index (χ2v) is 5.33. The monoisotopic (exact) mass is 341 g/mol. The number of carbonyl (C=O) groups excluding carboxylic acids is 1. The maximum Gasteiger partial charge on any atom is 0.416 e. The van der Waals surface area contributed by atoms with E-state index in [9.17, 15) is 18.0 Å². The molecule has 5 nitrogen and oxygen atoms in total. The highest BCUT2D eigenvalue weighted by Crippen LogP contribution is 2.29. The van der Waals surface area contributed by atoms with Crippen LogP contribution in [0.4, 0.5) is 13.2 Å². The van der Waals surface area contributed by atoms with Crippen molar-refractivity contribution < 1.29 is 22.5 Å². The van der Waals surface area contributed by atoms with E-state index in [1.54, 1.807) is 0 Å². The van der Waals surface area contributed by atoms with Crippen molar-refractivity contribution in [2.75, 3.05) is 0 Å². The molecule has 0 bridgehead atoms. The topological polar surface area (TPSA) is 68.0 Å². The molecule has 2 rings (SSSR count). The van der Waals surface area contributed by atoms with Gasteiger partial charge in [-0.15, -0.1) is 0 Å². The third-order valence-corrected chi connectivity index (χ3v) is 3.29. The van der Waals surface area contributed by atoms with Gasteiger partial charge in [0.1, 0.15) is 0 Å². The summed E-state index contributed by atoms with van der Waals surface area (Å²) in [4.78, 5) is 15.9. The zero-order chi connectivity index (χ0) is 17.6. The quantitative estimate of drug-likeness (QED) is 0.839. The molecule has 0 atom stereocenters. The Kier molecular flexibility index (Phi) is 5.94. The van der Waals surface area contributed by atoms with Gasteiger partial charge < -0.3 is 9.84 Å². The van der Waals surface area contributed by atoms with Gasteiger partial charge in [0.05, 0.1) is 5.56 Å². The molecule has 0 fully saturated rings. The van der Waals surface area contributed by atoms with Crippen LogP contribution in [-0.4, -0.2) is 16.0 Å². The molecular weight excluding hydrogens is 323 g/mol. The average molecular weight is 341 g/mol. The number of aromatic nitrogens is 2. The summed E-state index contributed by atoms with van der Waals surface area (Å²) < 4.78 is 42.9. The summed E-state index contributed by atoms with van der Waals surface area (Å²) in [6, 6.07) is 4.87. The van der Waals surface area contributed by atoms with Gasteiger partial charge in [-0.2, -0.15) is 18.2 Å². The van der Waals surface area contributed by atoms with Crippen LogP contribution in [0, 0.1) is 0 Å². The Balaban J connectivity index is 1.80. The Bertz CT molecular complexity index is 683. The summed E-state index contributed by atoms with van der Waals surface area (Å²) in [5, 5.41) is 6.37. The first-order valence-electron chi connectivity index (χ1n) is 7.62. The molecule has 130 valence electrons. The van der Waals surface area contributed by atoms with Crippen LogP contribution in [0.2, 0.25) is 0 Å². The fraction of sp³-hybridized carbons (Fsp3) is 0.438. The molecule has 0 saturated carbocycles. The highest BCUT2D eigenvalue weighted by molar-refractivity contribution is 5.76. The first-order valence-corrected chi connectivity index (χ1v) is 7.62. The van der Waals surface area contributed by atoms with Crippen molar-refractivity contribution in [3.8, 4) is 0 Å². The van der Waals surface area contributed by atoms with Crippen LogP contribution in [0.5, 0.6) is 0 Å². The summed E-state index contributed by atoms with van der Waals surface area (Å²) >= 11 is 0. The van der Waals surface area contributed by atoms with Crippen LogP contribution in [0.15, 0.2) is 28.8 Å². The second kappa shape index (κ2) is 7.94. The maximum absolute atomic E-state index is 12.6. The summed E-state index contributed by atoms with van der Waals surface area (Å²) in [7, 11) is 0. The number of rotatable bonds is 7. The molecule has 0 saturated heterocycles. The van der Waals surface area contributed by atoms with Crippen LogP contribution in [0.3, 0.4) is 0 Å². The van der Waals surface area contributed by atoms with Crippen LogP contribution >= 0.6 is 0 Å². The van der Waals surface area contributed by atoms with Gasteiger partial charge in [-0.05, 0) is 24.1 Å². The van der Waals surface area contributed by atoms with Crippen molar-refractivity contribution in [3.05, 3.63) is 47.1 Å². The zero-order valence-corrected chi connectivity index (χ0v) is 13.2. The zero-order valence-electron chi connectivity index (χ0n) is 13.2. The van der Waals surface area contributed by atoms with Crippen LogP contribution < -0.4 is 5.32 Å². The standard InChI is InChI=1S/C16H18F3N3O2/c1-2-4-13-21-15(24-22-13)8-7-14(23)20-10-11-5-3-6-12(9-11)16(17,18)19/h3,5-6,9H,2,4,7-8,10H2,1H3,(H,20,23). The molecule has 1 aromatic carbocycles. The molecule has 8 heteroatoms. The first-order chi connectivity index (χ1) is 11.4. The number of halogens is 3. The van der Waals surface area contributed by atoms with Gasteiger partial charge in [-0.1, -0.05) is 24.2 Å². The Labute approximate surface area is 137 Å². The van der Waals surface area contributed by atoms with E-state index in [1.807, 2.05) is 6.92 Å². The van der Waals surface area contributed by atoms with E-state index < -0.39 is 11.7 Å². The SMILES string of the molecule is CCCc1noc(CCC(=O)NCc2cccc(C(F)(F)F)c2)n1. The molecule has 2 aromatic rings. The van der Waals surface area contributed by atoms with Crippen LogP contribution in [0.1, 0.15) is 42.6 Å². The van der Waals surface area contributed by atoms with Gasteiger partial charge >= 0.3 is 6.18 Å². The molecule has 0 aliphatic heterocycles. The highest BCUT2D eigenvalue weighted by Gasteiger charge is 2.30. The molecule has 0 spiro atoms. The lowest BCUT2D eigenvalue weighted by Gasteiger charge is -2.09. The highest BCUT2D eigenvalue weighted by atomic mass is 19.4.